The summed E-state index contributed by atoms with van der Waals surface area (Å²) < 4.78 is 5.18. The van der Waals surface area contributed by atoms with Crippen LogP contribution in [0, 0.1) is 5.92 Å². The summed E-state index contributed by atoms with van der Waals surface area (Å²) in [5, 5.41) is 3.35. The van der Waals surface area contributed by atoms with Gasteiger partial charge in [0, 0.05) is 26.8 Å². The number of rotatable bonds is 3. The van der Waals surface area contributed by atoms with Gasteiger partial charge in [-0.25, -0.2) is 0 Å². The van der Waals surface area contributed by atoms with Crippen molar-refractivity contribution in [3.8, 4) is 0 Å². The van der Waals surface area contributed by atoms with Gasteiger partial charge in [0.25, 0.3) is 0 Å². The zero-order valence-electron chi connectivity index (χ0n) is 11.0. The number of likely N-dealkylation sites (tertiary alicyclic amines) is 1. The second-order valence-corrected chi connectivity index (χ2v) is 5.55. The number of nitrogens with zero attached hydrogens (tertiary/aromatic N) is 1. The molecule has 0 aromatic rings. The summed E-state index contributed by atoms with van der Waals surface area (Å²) in [4.78, 5) is 14.5. The number of piperidine rings is 1. The van der Waals surface area contributed by atoms with E-state index in [2.05, 4.69) is 5.32 Å². The molecule has 4 heteroatoms. The van der Waals surface area contributed by atoms with Crippen molar-refractivity contribution in [2.24, 2.45) is 5.92 Å². The molecule has 0 bridgehead atoms. The predicted molar refractivity (Wildman–Crippen MR) is 66.8 cm³/mol. The van der Waals surface area contributed by atoms with E-state index in [1.54, 1.807) is 7.11 Å². The van der Waals surface area contributed by atoms with Crippen LogP contribution in [-0.4, -0.2) is 49.7 Å². The molecule has 98 valence electrons. The van der Waals surface area contributed by atoms with Crippen LogP contribution >= 0.6 is 0 Å². The minimum absolute atomic E-state index is 0.297. The van der Waals surface area contributed by atoms with Crippen molar-refractivity contribution >= 4 is 5.91 Å². The van der Waals surface area contributed by atoms with Crippen LogP contribution in [0.2, 0.25) is 0 Å². The fraction of sp³-hybridized carbons (Fsp3) is 0.923. The maximum absolute atomic E-state index is 12.4. The molecule has 1 unspecified atom stereocenters. The first kappa shape index (κ1) is 12.8. The fourth-order valence-corrected chi connectivity index (χ4v) is 2.96. The number of nitrogens with one attached hydrogen (secondary N) is 1. The quantitative estimate of drug-likeness (QED) is 0.800. The number of ether oxygens (including phenoxy) is 1. The van der Waals surface area contributed by atoms with Gasteiger partial charge in [0.05, 0.1) is 5.54 Å². The molecule has 2 aliphatic heterocycles. The highest BCUT2D eigenvalue weighted by molar-refractivity contribution is 5.86. The van der Waals surface area contributed by atoms with Crippen LogP contribution in [0.5, 0.6) is 0 Å². The molecule has 17 heavy (non-hydrogen) atoms. The lowest BCUT2D eigenvalue weighted by Crippen LogP contribution is -2.54. The average molecular weight is 240 g/mol. The molecular weight excluding hydrogens is 216 g/mol. The van der Waals surface area contributed by atoms with Gasteiger partial charge in [0.2, 0.25) is 5.91 Å². The summed E-state index contributed by atoms with van der Waals surface area (Å²) in [5.74, 6) is 0.930. The van der Waals surface area contributed by atoms with Gasteiger partial charge in [-0.2, -0.15) is 0 Å². The van der Waals surface area contributed by atoms with E-state index in [1.165, 1.54) is 0 Å². The molecule has 2 fully saturated rings. The highest BCUT2D eigenvalue weighted by Crippen LogP contribution is 2.25. The van der Waals surface area contributed by atoms with Gasteiger partial charge >= 0.3 is 0 Å². The molecule has 1 N–H and O–H groups in total. The fourth-order valence-electron chi connectivity index (χ4n) is 2.96. The monoisotopic (exact) mass is 240 g/mol. The lowest BCUT2D eigenvalue weighted by atomic mass is 9.93. The van der Waals surface area contributed by atoms with Gasteiger partial charge < -0.3 is 15.0 Å². The third-order valence-electron chi connectivity index (χ3n) is 4.14. The lowest BCUT2D eigenvalue weighted by Gasteiger charge is -2.36. The van der Waals surface area contributed by atoms with E-state index < -0.39 is 0 Å². The summed E-state index contributed by atoms with van der Waals surface area (Å²) in [6, 6.07) is 0. The first-order valence-corrected chi connectivity index (χ1v) is 6.69. The molecule has 1 amide bonds. The summed E-state index contributed by atoms with van der Waals surface area (Å²) in [6.07, 6.45) is 4.25. The maximum Gasteiger partial charge on any atom is 0.242 e. The van der Waals surface area contributed by atoms with Crippen molar-refractivity contribution < 1.29 is 9.53 Å². The summed E-state index contributed by atoms with van der Waals surface area (Å²) in [5.41, 5.74) is -0.298. The van der Waals surface area contributed by atoms with Crippen LogP contribution in [0.1, 0.15) is 32.6 Å². The molecule has 0 saturated carbocycles. The molecule has 1 atom stereocenters. The molecule has 0 aromatic carbocycles. The van der Waals surface area contributed by atoms with Crippen molar-refractivity contribution in [3.63, 3.8) is 0 Å². The Morgan fingerprint density at radius 3 is 2.71 bits per heavy atom. The zero-order chi connectivity index (χ0) is 12.3. The standard InChI is InChI=1S/C13H24N2O2/c1-13(6-3-7-14-13)12(16)15-8-4-11(5-9-15)10-17-2/h11,14H,3-10H2,1-2H3. The average Bonchev–Trinajstić information content (AvgIpc) is 2.78. The second-order valence-electron chi connectivity index (χ2n) is 5.55. The summed E-state index contributed by atoms with van der Waals surface area (Å²) in [7, 11) is 1.75. The van der Waals surface area contributed by atoms with E-state index in [0.29, 0.717) is 11.8 Å². The smallest absolute Gasteiger partial charge is 0.242 e. The van der Waals surface area contributed by atoms with Gasteiger partial charge in [-0.1, -0.05) is 0 Å². The minimum Gasteiger partial charge on any atom is -0.384 e. The predicted octanol–water partition coefficient (Wildman–Crippen LogP) is 1.01. The molecule has 4 nitrogen and oxygen atoms in total. The molecular formula is C13H24N2O2. The van der Waals surface area contributed by atoms with Crippen LogP contribution in [-0.2, 0) is 9.53 Å². The van der Waals surface area contributed by atoms with E-state index in [4.69, 9.17) is 4.74 Å². The molecule has 0 spiro atoms. The molecule has 0 aliphatic carbocycles. The molecule has 0 aromatic heterocycles. The summed E-state index contributed by atoms with van der Waals surface area (Å²) >= 11 is 0. The van der Waals surface area contributed by atoms with Gasteiger partial charge in [-0.05, 0) is 45.1 Å². The lowest BCUT2D eigenvalue weighted by molar-refractivity contribution is -0.138. The Kier molecular flexibility index (Phi) is 4.05. The number of carbonyl (C=O) groups excluding carboxylic acids is 1. The van der Waals surface area contributed by atoms with E-state index in [-0.39, 0.29) is 5.54 Å². The van der Waals surface area contributed by atoms with E-state index in [0.717, 1.165) is 51.9 Å². The molecule has 2 aliphatic rings. The Morgan fingerprint density at radius 1 is 1.47 bits per heavy atom. The van der Waals surface area contributed by atoms with Crippen molar-refractivity contribution in [1.29, 1.82) is 0 Å². The van der Waals surface area contributed by atoms with Crippen molar-refractivity contribution in [2.75, 3.05) is 33.4 Å². The minimum atomic E-state index is -0.298. The SMILES string of the molecule is COCC1CCN(C(=O)C2(C)CCCN2)CC1. The van der Waals surface area contributed by atoms with Crippen LogP contribution < -0.4 is 5.32 Å². The highest BCUT2D eigenvalue weighted by Gasteiger charge is 2.39. The number of methoxy groups -OCH3 is 1. The van der Waals surface area contributed by atoms with Gasteiger partial charge in [0.1, 0.15) is 0 Å². The second kappa shape index (κ2) is 5.36. The van der Waals surface area contributed by atoms with E-state index in [9.17, 15) is 4.79 Å². The van der Waals surface area contributed by atoms with Crippen LogP contribution in [0.4, 0.5) is 0 Å². The van der Waals surface area contributed by atoms with Crippen LogP contribution in [0.15, 0.2) is 0 Å². The third kappa shape index (κ3) is 2.80. The van der Waals surface area contributed by atoms with E-state index >= 15 is 0 Å². The largest absolute Gasteiger partial charge is 0.384 e. The molecule has 0 radical (unpaired) electrons. The zero-order valence-corrected chi connectivity index (χ0v) is 11.0. The van der Waals surface area contributed by atoms with Crippen molar-refractivity contribution in [1.82, 2.24) is 10.2 Å². The first-order chi connectivity index (χ1) is 8.15. The van der Waals surface area contributed by atoms with Crippen molar-refractivity contribution in [3.05, 3.63) is 0 Å². The first-order valence-electron chi connectivity index (χ1n) is 6.69. The Labute approximate surface area is 104 Å². The normalized spacial score (nSPS) is 30.8. The molecule has 2 saturated heterocycles. The third-order valence-corrected chi connectivity index (χ3v) is 4.14. The van der Waals surface area contributed by atoms with Crippen LogP contribution in [0.3, 0.4) is 0 Å². The Balaban J connectivity index is 1.86. The molecule has 2 rings (SSSR count). The van der Waals surface area contributed by atoms with Gasteiger partial charge in [-0.3, -0.25) is 4.79 Å². The van der Waals surface area contributed by atoms with Crippen molar-refractivity contribution in [2.45, 2.75) is 38.1 Å². The number of amides is 1. The molecule has 2 heterocycles. The Hall–Kier alpha value is -0.610. The number of hydrogen-bond donors (Lipinski definition) is 1. The topological polar surface area (TPSA) is 41.6 Å². The number of carbonyl (C=O) groups is 1. The van der Waals surface area contributed by atoms with E-state index in [1.807, 2.05) is 11.8 Å². The van der Waals surface area contributed by atoms with Crippen LogP contribution in [0.25, 0.3) is 0 Å². The summed E-state index contributed by atoms with van der Waals surface area (Å²) in [6.45, 7) is 5.64. The highest BCUT2D eigenvalue weighted by atomic mass is 16.5. The van der Waals surface area contributed by atoms with Gasteiger partial charge in [0.15, 0.2) is 0 Å². The Morgan fingerprint density at radius 2 is 2.18 bits per heavy atom. The van der Waals surface area contributed by atoms with Gasteiger partial charge in [-0.15, -0.1) is 0 Å². The maximum atomic E-state index is 12.4. The Bertz CT molecular complexity index is 267. The number of hydrogen-bond acceptors (Lipinski definition) is 3.